The molecule has 0 spiro atoms. The van der Waals surface area contributed by atoms with Crippen molar-refractivity contribution in [3.05, 3.63) is 18.0 Å². The lowest BCUT2D eigenvalue weighted by atomic mass is 9.79. The van der Waals surface area contributed by atoms with Crippen LogP contribution in [-0.2, 0) is 4.79 Å². The van der Waals surface area contributed by atoms with Gasteiger partial charge in [0.15, 0.2) is 0 Å². The normalized spacial score (nSPS) is 23.3. The average molecular weight is 294 g/mol. The molecular formula is C14H22N4O3. The van der Waals surface area contributed by atoms with Gasteiger partial charge in [0.25, 0.3) is 0 Å². The van der Waals surface area contributed by atoms with Crippen molar-refractivity contribution >= 4 is 12.0 Å². The lowest BCUT2D eigenvalue weighted by molar-refractivity contribution is -0.144. The number of H-pyrrole nitrogens is 1. The van der Waals surface area contributed by atoms with Gasteiger partial charge in [0.1, 0.15) is 0 Å². The van der Waals surface area contributed by atoms with Gasteiger partial charge in [-0.05, 0) is 25.7 Å². The zero-order chi connectivity index (χ0) is 15.2. The first-order valence-corrected chi connectivity index (χ1v) is 7.33. The zero-order valence-electron chi connectivity index (χ0n) is 12.1. The summed E-state index contributed by atoms with van der Waals surface area (Å²) in [5, 5.41) is 21.3. The molecular weight excluding hydrogens is 272 g/mol. The van der Waals surface area contributed by atoms with Crippen molar-refractivity contribution in [3.8, 4) is 0 Å². The second kappa shape index (κ2) is 7.10. The highest BCUT2D eigenvalue weighted by molar-refractivity contribution is 5.74. The van der Waals surface area contributed by atoms with Gasteiger partial charge in [-0.15, -0.1) is 0 Å². The van der Waals surface area contributed by atoms with Gasteiger partial charge < -0.3 is 15.7 Å². The van der Waals surface area contributed by atoms with Crippen LogP contribution in [0.25, 0.3) is 0 Å². The summed E-state index contributed by atoms with van der Waals surface area (Å²) in [4.78, 5) is 23.1. The molecule has 2 amide bonds. The molecule has 0 radical (unpaired) electrons. The van der Waals surface area contributed by atoms with Gasteiger partial charge in [-0.3, -0.25) is 9.89 Å². The van der Waals surface area contributed by atoms with Crippen molar-refractivity contribution < 1.29 is 14.7 Å². The molecule has 1 fully saturated rings. The Hall–Kier alpha value is -2.05. The number of nitrogens with one attached hydrogen (secondary N) is 3. The van der Waals surface area contributed by atoms with Crippen molar-refractivity contribution in [1.29, 1.82) is 0 Å². The van der Waals surface area contributed by atoms with Gasteiger partial charge >= 0.3 is 12.0 Å². The molecule has 1 heterocycles. The summed E-state index contributed by atoms with van der Waals surface area (Å²) < 4.78 is 0. The van der Waals surface area contributed by atoms with Crippen molar-refractivity contribution in [2.45, 2.75) is 38.6 Å². The van der Waals surface area contributed by atoms with Gasteiger partial charge in [0.2, 0.25) is 0 Å². The maximum atomic E-state index is 11.9. The van der Waals surface area contributed by atoms with E-state index in [0.29, 0.717) is 13.0 Å². The molecule has 0 bridgehead atoms. The molecule has 1 aromatic rings. The number of carboxylic acids is 1. The van der Waals surface area contributed by atoms with Gasteiger partial charge in [-0.1, -0.05) is 12.8 Å². The standard InChI is InChI=1S/C14H22N4O3/c1-9(11-7-16-17-8-11)18-14(21)15-6-10-4-2-3-5-12(10)13(19)20/h7-10,12H,2-6H2,1H3,(H,16,17)(H,19,20)(H2,15,18,21). The molecule has 116 valence electrons. The topological polar surface area (TPSA) is 107 Å². The molecule has 7 nitrogen and oxygen atoms in total. The number of carboxylic acid groups (broad SMARTS) is 1. The fourth-order valence-electron chi connectivity index (χ4n) is 2.83. The van der Waals surface area contributed by atoms with Crippen LogP contribution in [0.5, 0.6) is 0 Å². The van der Waals surface area contributed by atoms with E-state index >= 15 is 0 Å². The van der Waals surface area contributed by atoms with Crippen LogP contribution in [-0.4, -0.2) is 33.8 Å². The molecule has 2 rings (SSSR count). The molecule has 1 saturated carbocycles. The van der Waals surface area contributed by atoms with Crippen LogP contribution >= 0.6 is 0 Å². The lowest BCUT2D eigenvalue weighted by Crippen LogP contribution is -2.42. The Morgan fingerprint density at radius 3 is 2.90 bits per heavy atom. The third kappa shape index (κ3) is 4.21. The summed E-state index contributed by atoms with van der Waals surface area (Å²) in [6, 6.07) is -0.427. The first kappa shape index (κ1) is 15.3. The number of aliphatic carboxylic acids is 1. The summed E-state index contributed by atoms with van der Waals surface area (Å²) in [7, 11) is 0. The minimum atomic E-state index is -0.756. The quantitative estimate of drug-likeness (QED) is 0.662. The highest BCUT2D eigenvalue weighted by Gasteiger charge is 2.30. The zero-order valence-corrected chi connectivity index (χ0v) is 12.1. The van der Waals surface area contributed by atoms with E-state index in [1.165, 1.54) is 0 Å². The van der Waals surface area contributed by atoms with E-state index in [1.54, 1.807) is 12.4 Å². The van der Waals surface area contributed by atoms with Crippen LogP contribution in [0.2, 0.25) is 0 Å². The van der Waals surface area contributed by atoms with E-state index in [-0.39, 0.29) is 23.9 Å². The van der Waals surface area contributed by atoms with E-state index in [4.69, 9.17) is 0 Å². The predicted octanol–water partition coefficient (Wildman–Crippen LogP) is 1.66. The van der Waals surface area contributed by atoms with Gasteiger partial charge in [-0.25, -0.2) is 4.79 Å². The van der Waals surface area contributed by atoms with Crippen LogP contribution < -0.4 is 10.6 Å². The summed E-state index contributed by atoms with van der Waals surface area (Å²) in [5.41, 5.74) is 0.895. The summed E-state index contributed by atoms with van der Waals surface area (Å²) >= 11 is 0. The SMILES string of the molecule is CC(NC(=O)NCC1CCCCC1C(=O)O)c1cn[nH]c1. The van der Waals surface area contributed by atoms with Crippen molar-refractivity contribution in [2.75, 3.05) is 6.54 Å². The number of rotatable bonds is 5. The largest absolute Gasteiger partial charge is 0.481 e. The number of aromatic nitrogens is 2. The molecule has 3 unspecified atom stereocenters. The van der Waals surface area contributed by atoms with Crippen molar-refractivity contribution in [3.63, 3.8) is 0 Å². The van der Waals surface area contributed by atoms with Crippen molar-refractivity contribution in [2.24, 2.45) is 11.8 Å². The number of amides is 2. The van der Waals surface area contributed by atoms with Crippen LogP contribution in [0.1, 0.15) is 44.2 Å². The monoisotopic (exact) mass is 294 g/mol. The number of hydrogen-bond donors (Lipinski definition) is 4. The van der Waals surface area contributed by atoms with E-state index in [9.17, 15) is 14.7 Å². The maximum Gasteiger partial charge on any atom is 0.315 e. The molecule has 1 aromatic heterocycles. The lowest BCUT2D eigenvalue weighted by Gasteiger charge is -2.28. The number of urea groups is 1. The van der Waals surface area contributed by atoms with Crippen LogP contribution in [0.4, 0.5) is 4.79 Å². The maximum absolute atomic E-state index is 11.9. The fourth-order valence-corrected chi connectivity index (χ4v) is 2.83. The number of nitrogens with zero attached hydrogens (tertiary/aromatic N) is 1. The highest BCUT2D eigenvalue weighted by Crippen LogP contribution is 2.29. The Labute approximate surface area is 123 Å². The molecule has 1 aliphatic rings. The average Bonchev–Trinajstić information content (AvgIpc) is 2.99. The number of hydrogen-bond acceptors (Lipinski definition) is 3. The second-order valence-electron chi connectivity index (χ2n) is 5.60. The molecule has 0 aromatic carbocycles. The predicted molar refractivity (Wildman–Crippen MR) is 76.6 cm³/mol. The smallest absolute Gasteiger partial charge is 0.315 e. The Kier molecular flexibility index (Phi) is 5.19. The van der Waals surface area contributed by atoms with E-state index in [0.717, 1.165) is 24.8 Å². The summed E-state index contributed by atoms with van der Waals surface area (Å²) in [5.74, 6) is -1.08. The Bertz CT molecular complexity index is 475. The van der Waals surface area contributed by atoms with E-state index in [1.807, 2.05) is 6.92 Å². The summed E-state index contributed by atoms with van der Waals surface area (Å²) in [6.45, 7) is 2.27. The Morgan fingerprint density at radius 2 is 2.24 bits per heavy atom. The van der Waals surface area contributed by atoms with Crippen LogP contribution in [0.3, 0.4) is 0 Å². The number of carbonyl (C=O) groups excluding carboxylic acids is 1. The van der Waals surface area contributed by atoms with Gasteiger partial charge in [-0.2, -0.15) is 5.10 Å². The molecule has 3 atom stereocenters. The van der Waals surface area contributed by atoms with Gasteiger partial charge in [0, 0.05) is 18.3 Å². The Morgan fingerprint density at radius 1 is 1.48 bits per heavy atom. The van der Waals surface area contributed by atoms with E-state index in [2.05, 4.69) is 20.8 Å². The number of carbonyl (C=O) groups is 2. The highest BCUT2D eigenvalue weighted by atomic mass is 16.4. The molecule has 4 N–H and O–H groups in total. The van der Waals surface area contributed by atoms with E-state index < -0.39 is 5.97 Å². The third-order valence-corrected chi connectivity index (χ3v) is 4.12. The molecule has 0 saturated heterocycles. The number of aromatic amines is 1. The van der Waals surface area contributed by atoms with Gasteiger partial charge in [0.05, 0.1) is 18.2 Å². The van der Waals surface area contributed by atoms with Crippen LogP contribution in [0, 0.1) is 11.8 Å². The fraction of sp³-hybridized carbons (Fsp3) is 0.643. The van der Waals surface area contributed by atoms with Crippen molar-refractivity contribution in [1.82, 2.24) is 20.8 Å². The third-order valence-electron chi connectivity index (χ3n) is 4.12. The molecule has 1 aliphatic carbocycles. The first-order valence-electron chi connectivity index (χ1n) is 7.33. The molecule has 7 heteroatoms. The first-order chi connectivity index (χ1) is 10.1. The van der Waals surface area contributed by atoms with Crippen LogP contribution in [0.15, 0.2) is 12.4 Å². The molecule has 0 aliphatic heterocycles. The Balaban J connectivity index is 1.79. The minimum absolute atomic E-state index is 0.0197. The minimum Gasteiger partial charge on any atom is -0.481 e. The second-order valence-corrected chi connectivity index (χ2v) is 5.60. The summed E-state index contributed by atoms with van der Waals surface area (Å²) in [6.07, 6.45) is 6.93. The molecule has 21 heavy (non-hydrogen) atoms.